The monoisotopic (exact) mass is 262 g/mol. The van der Waals surface area contributed by atoms with E-state index in [1.54, 1.807) is 25.2 Å². The molecule has 0 aromatic rings. The van der Waals surface area contributed by atoms with Crippen LogP contribution in [0.1, 0.15) is 20.8 Å². The van der Waals surface area contributed by atoms with Crippen LogP contribution in [0.5, 0.6) is 0 Å². The summed E-state index contributed by atoms with van der Waals surface area (Å²) in [6, 6.07) is 0. The van der Waals surface area contributed by atoms with Crippen molar-refractivity contribution in [3.63, 3.8) is 0 Å². The van der Waals surface area contributed by atoms with Gasteiger partial charge in [-0.25, -0.2) is 0 Å². The molecular weight excluding hydrogens is 246 g/mol. The normalized spacial score (nSPS) is 29.7. The molecule has 2 N–H and O–H groups in total. The summed E-state index contributed by atoms with van der Waals surface area (Å²) in [5.74, 6) is 0.289. The van der Waals surface area contributed by atoms with Crippen molar-refractivity contribution >= 4 is 11.6 Å². The molecule has 0 bridgehead atoms. The molecule has 0 aromatic carbocycles. The van der Waals surface area contributed by atoms with Crippen molar-refractivity contribution in [1.29, 1.82) is 0 Å². The summed E-state index contributed by atoms with van der Waals surface area (Å²) in [4.78, 5) is 11.6. The lowest BCUT2D eigenvalue weighted by molar-refractivity contribution is -0.377. The molecule has 1 fully saturated rings. The van der Waals surface area contributed by atoms with E-state index in [4.69, 9.17) is 0 Å². The van der Waals surface area contributed by atoms with Gasteiger partial charge in [0, 0.05) is 6.08 Å². The molecule has 0 saturated carbocycles. The van der Waals surface area contributed by atoms with Gasteiger partial charge in [-0.3, -0.25) is 4.79 Å². The van der Waals surface area contributed by atoms with Crippen molar-refractivity contribution in [2.24, 2.45) is 5.92 Å². The molecule has 1 heterocycles. The Hall–Kier alpha value is -2.24. The molecule has 1 aliphatic carbocycles. The summed E-state index contributed by atoms with van der Waals surface area (Å²) in [5, 5.41) is 27.8. The van der Waals surface area contributed by atoms with Gasteiger partial charge >= 0.3 is 0 Å². The molecule has 6 nitrogen and oxygen atoms in total. The summed E-state index contributed by atoms with van der Waals surface area (Å²) in [7, 11) is 0. The number of hydrogen-bond acceptors (Lipinski definition) is 4. The summed E-state index contributed by atoms with van der Waals surface area (Å²) < 4.78 is 0. The van der Waals surface area contributed by atoms with Gasteiger partial charge in [0.1, 0.15) is 11.4 Å². The molecular formula is C13H16N3O3-. The Bertz CT molecular complexity index is 539. The summed E-state index contributed by atoms with van der Waals surface area (Å²) >= 11 is 0. The molecule has 1 aliphatic heterocycles. The van der Waals surface area contributed by atoms with Gasteiger partial charge in [-0.15, -0.1) is 0 Å². The van der Waals surface area contributed by atoms with Crippen LogP contribution in [0, 0.1) is 16.3 Å². The number of rotatable bonds is 1. The van der Waals surface area contributed by atoms with Gasteiger partial charge < -0.3 is 21.0 Å². The van der Waals surface area contributed by atoms with Crippen molar-refractivity contribution in [3.05, 3.63) is 46.1 Å². The zero-order valence-electron chi connectivity index (χ0n) is 11.1. The zero-order valence-corrected chi connectivity index (χ0v) is 11.1. The highest BCUT2D eigenvalue weighted by molar-refractivity contribution is 6.09. The maximum atomic E-state index is 12.0. The predicted molar refractivity (Wildman–Crippen MR) is 71.8 cm³/mol. The van der Waals surface area contributed by atoms with Gasteiger partial charge in [0.15, 0.2) is 0 Å². The van der Waals surface area contributed by atoms with Crippen molar-refractivity contribution in [3.8, 4) is 0 Å². The van der Waals surface area contributed by atoms with Crippen LogP contribution in [0.15, 0.2) is 35.7 Å². The van der Waals surface area contributed by atoms with Crippen molar-refractivity contribution < 1.29 is 9.70 Å². The molecule has 1 amide bonds. The molecule has 6 heteroatoms. The molecule has 0 radical (unpaired) electrons. The molecule has 102 valence electrons. The van der Waals surface area contributed by atoms with Crippen LogP contribution in [0.3, 0.4) is 0 Å². The quantitative estimate of drug-likeness (QED) is 0.543. The maximum absolute atomic E-state index is 12.0. The third kappa shape index (κ3) is 2.09. The second kappa shape index (κ2) is 4.46. The zero-order chi connectivity index (χ0) is 14.2. The van der Waals surface area contributed by atoms with Crippen molar-refractivity contribution in [2.75, 3.05) is 0 Å². The first-order valence-electron chi connectivity index (χ1n) is 6.06. The molecule has 0 spiro atoms. The molecule has 19 heavy (non-hydrogen) atoms. The van der Waals surface area contributed by atoms with Gasteiger partial charge in [-0.05, 0) is 18.9 Å². The van der Waals surface area contributed by atoms with Crippen LogP contribution < -0.4 is 10.6 Å². The Kier molecular flexibility index (Phi) is 3.09. The first-order chi connectivity index (χ1) is 8.86. The second-order valence-electron chi connectivity index (χ2n) is 5.09. The lowest BCUT2D eigenvalue weighted by Gasteiger charge is -2.26. The van der Waals surface area contributed by atoms with Gasteiger partial charge in [-0.2, -0.15) is 4.90 Å². The van der Waals surface area contributed by atoms with Crippen LogP contribution in [-0.4, -0.2) is 22.1 Å². The second-order valence-corrected chi connectivity index (χ2v) is 5.09. The maximum Gasteiger partial charge on any atom is 0.251 e. The number of carbonyl (C=O) groups is 1. The number of carbonyl (C=O) groups excluding carboxylic acids is 1. The van der Waals surface area contributed by atoms with E-state index in [0.717, 1.165) is 0 Å². The topological polar surface area (TPSA) is 90.3 Å². The van der Waals surface area contributed by atoms with E-state index in [0.29, 0.717) is 11.4 Å². The standard InChI is InChI=1S/C13H16N3O3/c1-8(2)13(3)12(17)14-11(15-13)9-6-4-5-7-10(9)16(18)19/h4-8,15H,1-3H3,(H-,14,17,18,19)/q-1. The average molecular weight is 262 g/mol. The fraction of sp³-hybridized carbons (Fsp3) is 0.385. The Balaban J connectivity index is 2.46. The first kappa shape index (κ1) is 13.2. The first-order valence-corrected chi connectivity index (χ1v) is 6.06. The minimum atomic E-state index is -0.751. The molecule has 2 aliphatic rings. The minimum Gasteiger partial charge on any atom is -0.612 e. The molecule has 1 saturated heterocycles. The molecule has 2 rings (SSSR count). The van der Waals surface area contributed by atoms with Crippen LogP contribution in [0.2, 0.25) is 0 Å². The van der Waals surface area contributed by atoms with Crippen molar-refractivity contribution in [2.45, 2.75) is 26.3 Å². The van der Waals surface area contributed by atoms with Crippen LogP contribution in [-0.2, 0) is 4.79 Å². The summed E-state index contributed by atoms with van der Waals surface area (Å²) in [6.45, 7) is 5.64. The van der Waals surface area contributed by atoms with Crippen LogP contribution >= 0.6 is 0 Å². The Morgan fingerprint density at radius 3 is 2.42 bits per heavy atom. The van der Waals surface area contributed by atoms with Crippen LogP contribution in [0.4, 0.5) is 0 Å². The average Bonchev–Trinajstić information content (AvgIpc) is 2.67. The highest BCUT2D eigenvalue weighted by Gasteiger charge is 2.43. The van der Waals surface area contributed by atoms with E-state index in [1.807, 2.05) is 13.8 Å². The third-order valence-corrected chi connectivity index (χ3v) is 3.62. The molecule has 0 aromatic heterocycles. The van der Waals surface area contributed by atoms with Gasteiger partial charge in [0.25, 0.3) is 5.91 Å². The summed E-state index contributed by atoms with van der Waals surface area (Å²) in [5.41, 5.74) is -0.387. The number of amides is 1. The highest BCUT2D eigenvalue weighted by atomic mass is 16.8. The molecule has 1 atom stereocenters. The number of nitrogens with zero attached hydrogens (tertiary/aromatic N) is 1. The Labute approximate surface area is 111 Å². The number of nitrogens with one attached hydrogen (secondary N) is 2. The predicted octanol–water partition coefficient (Wildman–Crippen LogP) is 0.907. The number of allylic oxidation sites excluding steroid dienone is 5. The fourth-order valence-electron chi connectivity index (χ4n) is 1.98. The van der Waals surface area contributed by atoms with E-state index < -0.39 is 10.4 Å². The lowest BCUT2D eigenvalue weighted by Crippen LogP contribution is -2.47. The van der Waals surface area contributed by atoms with Gasteiger partial charge in [0.05, 0.1) is 5.57 Å². The number of hydrogen-bond donors (Lipinski definition) is 2. The van der Waals surface area contributed by atoms with Gasteiger partial charge in [-0.1, -0.05) is 26.0 Å². The smallest absolute Gasteiger partial charge is 0.251 e. The van der Waals surface area contributed by atoms with E-state index in [1.165, 1.54) is 6.08 Å². The molecule has 1 unspecified atom stereocenters. The highest BCUT2D eigenvalue weighted by Crippen LogP contribution is 2.25. The summed E-state index contributed by atoms with van der Waals surface area (Å²) in [6.07, 6.45) is 6.34. The largest absolute Gasteiger partial charge is 0.612 e. The fourth-order valence-corrected chi connectivity index (χ4v) is 1.98. The van der Waals surface area contributed by atoms with E-state index >= 15 is 0 Å². The van der Waals surface area contributed by atoms with Crippen LogP contribution in [0.25, 0.3) is 0 Å². The van der Waals surface area contributed by atoms with E-state index in [2.05, 4.69) is 10.6 Å². The Morgan fingerprint density at radius 2 is 1.89 bits per heavy atom. The lowest BCUT2D eigenvalue weighted by atomic mass is 9.89. The van der Waals surface area contributed by atoms with E-state index in [-0.39, 0.29) is 17.5 Å². The Morgan fingerprint density at radius 1 is 1.26 bits per heavy atom. The SMILES string of the molecule is CC(C)C1(C)NC(=C2C=CC=CC2=[N+]([O-])[O-])NC1=O. The third-order valence-electron chi connectivity index (χ3n) is 3.62. The van der Waals surface area contributed by atoms with E-state index in [9.17, 15) is 15.2 Å². The van der Waals surface area contributed by atoms with Gasteiger partial charge in [0.2, 0.25) is 5.71 Å². The minimum absolute atomic E-state index is 0.0293. The van der Waals surface area contributed by atoms with Crippen molar-refractivity contribution in [1.82, 2.24) is 10.6 Å².